The van der Waals surface area contributed by atoms with Crippen LogP contribution in [0.5, 0.6) is 0 Å². The van der Waals surface area contributed by atoms with Crippen molar-refractivity contribution in [3.63, 3.8) is 0 Å². The fourth-order valence-electron chi connectivity index (χ4n) is 1.83. The van der Waals surface area contributed by atoms with Gasteiger partial charge in [0.15, 0.2) is 0 Å². The number of hydrogen-bond acceptors (Lipinski definition) is 2. The average molecular weight is 187 g/mol. The molecule has 0 rings (SSSR count). The number of hydrogen-bond donors (Lipinski definition) is 1. The van der Waals surface area contributed by atoms with Crippen molar-refractivity contribution in [3.05, 3.63) is 0 Å². The molecular weight excluding hydrogens is 162 g/mol. The van der Waals surface area contributed by atoms with Gasteiger partial charge in [0.1, 0.15) is 0 Å². The summed E-state index contributed by atoms with van der Waals surface area (Å²) in [5.74, 6) is 0. The van der Waals surface area contributed by atoms with E-state index in [4.69, 9.17) is 5.11 Å². The lowest BCUT2D eigenvalue weighted by atomic mass is 9.79. The highest BCUT2D eigenvalue weighted by Crippen LogP contribution is 2.30. The molecule has 0 aromatic rings. The summed E-state index contributed by atoms with van der Waals surface area (Å²) in [6.07, 6.45) is 3.26. The smallest absolute Gasteiger partial charge is 0.0436 e. The first-order chi connectivity index (χ1) is 6.14. The summed E-state index contributed by atoms with van der Waals surface area (Å²) < 4.78 is 0. The Morgan fingerprint density at radius 2 is 1.69 bits per heavy atom. The SMILES string of the molecule is CCN(C)CC(CC)(CC)CCO. The lowest BCUT2D eigenvalue weighted by Crippen LogP contribution is -2.35. The van der Waals surface area contributed by atoms with Crippen molar-refractivity contribution in [3.8, 4) is 0 Å². The van der Waals surface area contributed by atoms with Crippen LogP contribution in [-0.2, 0) is 0 Å². The molecule has 2 heteroatoms. The van der Waals surface area contributed by atoms with E-state index in [-0.39, 0.29) is 0 Å². The van der Waals surface area contributed by atoms with E-state index in [1.165, 1.54) is 0 Å². The third-order valence-electron chi connectivity index (χ3n) is 3.29. The van der Waals surface area contributed by atoms with Crippen molar-refractivity contribution in [2.75, 3.05) is 26.7 Å². The van der Waals surface area contributed by atoms with Gasteiger partial charge < -0.3 is 10.0 Å². The monoisotopic (exact) mass is 187 g/mol. The van der Waals surface area contributed by atoms with Gasteiger partial charge in [0.05, 0.1) is 0 Å². The molecule has 0 aliphatic carbocycles. The number of nitrogens with zero attached hydrogens (tertiary/aromatic N) is 1. The summed E-state index contributed by atoms with van der Waals surface area (Å²) in [5.41, 5.74) is 0.333. The van der Waals surface area contributed by atoms with E-state index in [2.05, 4.69) is 32.7 Å². The predicted octanol–water partition coefficient (Wildman–Crippen LogP) is 2.13. The van der Waals surface area contributed by atoms with Gasteiger partial charge in [0.25, 0.3) is 0 Å². The Hall–Kier alpha value is -0.0800. The van der Waals surface area contributed by atoms with Crippen molar-refractivity contribution < 1.29 is 5.11 Å². The van der Waals surface area contributed by atoms with Gasteiger partial charge >= 0.3 is 0 Å². The standard InChI is InChI=1S/C11H25NO/c1-5-11(6-2,8-9-13)10-12(4)7-3/h13H,5-10H2,1-4H3. The molecule has 0 aliphatic rings. The molecule has 0 aromatic carbocycles. The van der Waals surface area contributed by atoms with Crippen LogP contribution in [0.25, 0.3) is 0 Å². The van der Waals surface area contributed by atoms with Gasteiger partial charge in [0.2, 0.25) is 0 Å². The molecule has 13 heavy (non-hydrogen) atoms. The van der Waals surface area contributed by atoms with Gasteiger partial charge in [-0.15, -0.1) is 0 Å². The van der Waals surface area contributed by atoms with E-state index in [9.17, 15) is 0 Å². The molecule has 80 valence electrons. The second-order valence-electron chi connectivity index (χ2n) is 4.01. The van der Waals surface area contributed by atoms with Gasteiger partial charge in [-0.25, -0.2) is 0 Å². The van der Waals surface area contributed by atoms with Crippen LogP contribution in [0.4, 0.5) is 0 Å². The van der Waals surface area contributed by atoms with Gasteiger partial charge in [-0.2, -0.15) is 0 Å². The van der Waals surface area contributed by atoms with Crippen molar-refractivity contribution in [1.29, 1.82) is 0 Å². The molecule has 0 fully saturated rings. The third kappa shape index (κ3) is 4.10. The zero-order valence-electron chi connectivity index (χ0n) is 9.64. The molecule has 0 aromatic heterocycles. The summed E-state index contributed by atoms with van der Waals surface area (Å²) in [6, 6.07) is 0. The van der Waals surface area contributed by atoms with Gasteiger partial charge in [-0.05, 0) is 38.3 Å². The highest BCUT2D eigenvalue weighted by atomic mass is 16.3. The predicted molar refractivity (Wildman–Crippen MR) is 57.9 cm³/mol. The van der Waals surface area contributed by atoms with E-state index < -0.39 is 0 Å². The van der Waals surface area contributed by atoms with Crippen molar-refractivity contribution >= 4 is 0 Å². The summed E-state index contributed by atoms with van der Waals surface area (Å²) in [4.78, 5) is 2.34. The van der Waals surface area contributed by atoms with Gasteiger partial charge in [0, 0.05) is 13.2 Å². The maximum absolute atomic E-state index is 9.03. The van der Waals surface area contributed by atoms with Crippen LogP contribution in [0.15, 0.2) is 0 Å². The summed E-state index contributed by atoms with van der Waals surface area (Å²) >= 11 is 0. The first kappa shape index (κ1) is 12.9. The molecule has 1 N–H and O–H groups in total. The van der Waals surface area contributed by atoms with E-state index >= 15 is 0 Å². The molecular formula is C11H25NO. The Bertz CT molecular complexity index is 121. The largest absolute Gasteiger partial charge is 0.396 e. The molecule has 0 atom stereocenters. The Kier molecular flexibility index (Phi) is 6.35. The van der Waals surface area contributed by atoms with E-state index in [0.29, 0.717) is 12.0 Å². The van der Waals surface area contributed by atoms with Crippen molar-refractivity contribution in [1.82, 2.24) is 4.90 Å². The number of aliphatic hydroxyl groups is 1. The first-order valence-electron chi connectivity index (χ1n) is 5.43. The number of rotatable bonds is 7. The van der Waals surface area contributed by atoms with Crippen LogP contribution in [0, 0.1) is 5.41 Å². The quantitative estimate of drug-likeness (QED) is 0.660. The molecule has 0 saturated carbocycles. The van der Waals surface area contributed by atoms with Crippen molar-refractivity contribution in [2.45, 2.75) is 40.0 Å². The van der Waals surface area contributed by atoms with Crippen LogP contribution in [-0.4, -0.2) is 36.8 Å². The molecule has 0 bridgehead atoms. The summed E-state index contributed by atoms with van der Waals surface area (Å²) in [5, 5.41) is 9.03. The minimum Gasteiger partial charge on any atom is -0.396 e. The zero-order valence-corrected chi connectivity index (χ0v) is 9.64. The minimum atomic E-state index is 0.319. The first-order valence-corrected chi connectivity index (χ1v) is 5.43. The third-order valence-corrected chi connectivity index (χ3v) is 3.29. The van der Waals surface area contributed by atoms with E-state index in [0.717, 1.165) is 32.4 Å². The fraction of sp³-hybridized carbons (Fsp3) is 1.00. The van der Waals surface area contributed by atoms with Crippen LogP contribution in [0.2, 0.25) is 0 Å². The summed E-state index contributed by atoms with van der Waals surface area (Å²) in [6.45, 7) is 9.14. The molecule has 2 nitrogen and oxygen atoms in total. The topological polar surface area (TPSA) is 23.5 Å². The highest BCUT2D eigenvalue weighted by Gasteiger charge is 2.26. The molecule has 0 heterocycles. The van der Waals surface area contributed by atoms with Crippen LogP contribution >= 0.6 is 0 Å². The maximum Gasteiger partial charge on any atom is 0.0436 e. The minimum absolute atomic E-state index is 0.319. The highest BCUT2D eigenvalue weighted by molar-refractivity contribution is 4.79. The van der Waals surface area contributed by atoms with Crippen LogP contribution < -0.4 is 0 Å². The lowest BCUT2D eigenvalue weighted by molar-refractivity contribution is 0.118. The molecule has 0 aliphatic heterocycles. The van der Waals surface area contributed by atoms with Crippen molar-refractivity contribution in [2.24, 2.45) is 5.41 Å². The summed E-state index contributed by atoms with van der Waals surface area (Å²) in [7, 11) is 2.15. The number of aliphatic hydroxyl groups excluding tert-OH is 1. The molecule has 0 saturated heterocycles. The zero-order chi connectivity index (χ0) is 10.3. The Morgan fingerprint density at radius 3 is 2.00 bits per heavy atom. The molecule has 0 amide bonds. The van der Waals surface area contributed by atoms with E-state index in [1.807, 2.05) is 0 Å². The molecule has 0 radical (unpaired) electrons. The normalized spacial score (nSPS) is 12.5. The average Bonchev–Trinajstić information content (AvgIpc) is 2.17. The Balaban J connectivity index is 4.19. The van der Waals surface area contributed by atoms with Gasteiger partial charge in [-0.3, -0.25) is 0 Å². The Morgan fingerprint density at radius 1 is 1.15 bits per heavy atom. The van der Waals surface area contributed by atoms with E-state index in [1.54, 1.807) is 0 Å². The van der Waals surface area contributed by atoms with Crippen LogP contribution in [0.3, 0.4) is 0 Å². The van der Waals surface area contributed by atoms with Gasteiger partial charge in [-0.1, -0.05) is 20.8 Å². The Labute approximate surface area is 82.9 Å². The second-order valence-corrected chi connectivity index (χ2v) is 4.01. The molecule has 0 unspecified atom stereocenters. The molecule has 0 spiro atoms. The fourth-order valence-corrected chi connectivity index (χ4v) is 1.83. The van der Waals surface area contributed by atoms with Crippen LogP contribution in [0.1, 0.15) is 40.0 Å². The maximum atomic E-state index is 9.03. The second kappa shape index (κ2) is 6.39. The lowest BCUT2D eigenvalue weighted by Gasteiger charge is -2.35.